The predicted octanol–water partition coefficient (Wildman–Crippen LogP) is 4.36. The fraction of sp³-hybridized carbons (Fsp3) is 0.862. The van der Waals surface area contributed by atoms with Crippen molar-refractivity contribution in [1.82, 2.24) is 9.80 Å². The van der Waals surface area contributed by atoms with Gasteiger partial charge in [0, 0.05) is 38.3 Å². The van der Waals surface area contributed by atoms with E-state index in [0.717, 1.165) is 12.8 Å². The van der Waals surface area contributed by atoms with Crippen molar-refractivity contribution in [1.29, 1.82) is 0 Å². The summed E-state index contributed by atoms with van der Waals surface area (Å²) in [5.74, 6) is 0.449. The van der Waals surface area contributed by atoms with Crippen molar-refractivity contribution in [3.63, 3.8) is 0 Å². The number of carbonyl (C=O) groups excluding carboxylic acids is 4. The molecule has 214 valence electrons. The molecule has 8 heteroatoms. The smallest absolute Gasteiger partial charge is 0.222 e. The summed E-state index contributed by atoms with van der Waals surface area (Å²) in [5, 5.41) is 0. The summed E-state index contributed by atoms with van der Waals surface area (Å²) in [6.45, 7) is 15.2. The maximum atomic E-state index is 13.0. The number of hydrogen-bond donors (Lipinski definition) is 0. The highest BCUT2D eigenvalue weighted by atomic mass is 16.5. The zero-order valence-electron chi connectivity index (χ0n) is 24.4. The average molecular weight is 525 g/mol. The summed E-state index contributed by atoms with van der Waals surface area (Å²) >= 11 is 0. The van der Waals surface area contributed by atoms with E-state index in [1.54, 1.807) is 6.92 Å². The fourth-order valence-corrected chi connectivity index (χ4v) is 4.59. The second-order valence-corrected chi connectivity index (χ2v) is 11.3. The topological polar surface area (TPSA) is 93.2 Å². The molecule has 0 spiro atoms. The van der Waals surface area contributed by atoms with Gasteiger partial charge in [0.25, 0.3) is 0 Å². The van der Waals surface area contributed by atoms with Crippen LogP contribution < -0.4 is 0 Å². The van der Waals surface area contributed by atoms with Crippen LogP contribution in [0.3, 0.4) is 0 Å². The maximum Gasteiger partial charge on any atom is 0.222 e. The van der Waals surface area contributed by atoms with Crippen molar-refractivity contribution >= 4 is 23.3 Å². The van der Waals surface area contributed by atoms with Gasteiger partial charge in [-0.1, -0.05) is 0 Å². The van der Waals surface area contributed by atoms with Gasteiger partial charge in [0.05, 0.1) is 44.1 Å². The molecular weight excluding hydrogens is 472 g/mol. The standard InChI is InChI=1S/C29H52N2O6/c1-21(2)30(17-26(33)13-9-8-12-24(7)32)18-27(34)14-10-11-15-29(35)31-19-28(37-23(5)6)16-25(31)20-36-22(3)4/h21-23,25,28H,8-20H2,1-7H3/t25-,28+/m0/s1. The fourth-order valence-electron chi connectivity index (χ4n) is 4.59. The highest BCUT2D eigenvalue weighted by molar-refractivity contribution is 5.83. The first-order chi connectivity index (χ1) is 17.4. The number of likely N-dealkylation sites (tertiary alicyclic amines) is 1. The van der Waals surface area contributed by atoms with E-state index in [2.05, 4.69) is 0 Å². The zero-order chi connectivity index (χ0) is 28.0. The van der Waals surface area contributed by atoms with E-state index < -0.39 is 0 Å². The molecule has 37 heavy (non-hydrogen) atoms. The van der Waals surface area contributed by atoms with Crippen LogP contribution in [-0.2, 0) is 28.7 Å². The number of hydrogen-bond acceptors (Lipinski definition) is 7. The lowest BCUT2D eigenvalue weighted by molar-refractivity contribution is -0.134. The molecule has 0 N–H and O–H groups in total. The van der Waals surface area contributed by atoms with Crippen LogP contribution in [0.15, 0.2) is 0 Å². The number of ether oxygens (including phenoxy) is 2. The van der Waals surface area contributed by atoms with Crippen LogP contribution >= 0.6 is 0 Å². The SMILES string of the molecule is CC(=O)CCCCC(=O)CN(CC(=O)CCCCC(=O)N1C[C@H](OC(C)C)C[C@H]1COC(C)C)C(C)C. The van der Waals surface area contributed by atoms with E-state index in [-0.39, 0.29) is 66.7 Å². The van der Waals surface area contributed by atoms with Crippen LogP contribution in [0.1, 0.15) is 106 Å². The van der Waals surface area contributed by atoms with Crippen LogP contribution in [0, 0.1) is 0 Å². The van der Waals surface area contributed by atoms with Crippen LogP contribution in [0.2, 0.25) is 0 Å². The van der Waals surface area contributed by atoms with Gasteiger partial charge in [-0.3, -0.25) is 19.3 Å². The molecule has 0 aromatic carbocycles. The molecule has 1 aliphatic heterocycles. The quantitative estimate of drug-likeness (QED) is 0.218. The lowest BCUT2D eigenvalue weighted by Crippen LogP contribution is -2.39. The highest BCUT2D eigenvalue weighted by Crippen LogP contribution is 2.24. The molecule has 2 atom stereocenters. The molecule has 0 aromatic heterocycles. The minimum Gasteiger partial charge on any atom is -0.377 e. The maximum absolute atomic E-state index is 13.0. The molecule has 1 saturated heterocycles. The number of ketones is 3. The molecule has 1 amide bonds. The second-order valence-electron chi connectivity index (χ2n) is 11.3. The first-order valence-corrected chi connectivity index (χ1v) is 14.2. The van der Waals surface area contributed by atoms with Gasteiger partial charge in [0.1, 0.15) is 17.3 Å². The summed E-state index contributed by atoms with van der Waals surface area (Å²) in [4.78, 5) is 52.8. The summed E-state index contributed by atoms with van der Waals surface area (Å²) in [6, 6.07) is 0.118. The van der Waals surface area contributed by atoms with Crippen LogP contribution in [-0.4, -0.2) is 89.7 Å². The second kappa shape index (κ2) is 17.8. The molecule has 0 unspecified atom stereocenters. The minimum atomic E-state index is 0.0277. The van der Waals surface area contributed by atoms with Gasteiger partial charge in [-0.2, -0.15) is 0 Å². The Hall–Kier alpha value is -1.64. The molecule has 0 aliphatic carbocycles. The van der Waals surface area contributed by atoms with Gasteiger partial charge in [-0.15, -0.1) is 0 Å². The third kappa shape index (κ3) is 14.8. The molecule has 1 fully saturated rings. The van der Waals surface area contributed by atoms with E-state index in [4.69, 9.17) is 9.47 Å². The Kier molecular flexibility index (Phi) is 16.1. The van der Waals surface area contributed by atoms with Crippen molar-refractivity contribution < 1.29 is 28.7 Å². The molecular formula is C29H52N2O6. The van der Waals surface area contributed by atoms with E-state index >= 15 is 0 Å². The molecule has 0 aromatic rings. The van der Waals surface area contributed by atoms with E-state index in [1.165, 1.54) is 0 Å². The summed E-state index contributed by atoms with van der Waals surface area (Å²) < 4.78 is 11.8. The number of amides is 1. The Morgan fingerprint density at radius 1 is 0.811 bits per heavy atom. The highest BCUT2D eigenvalue weighted by Gasteiger charge is 2.36. The number of carbonyl (C=O) groups is 4. The Bertz CT molecular complexity index is 721. The third-order valence-corrected chi connectivity index (χ3v) is 6.60. The summed E-state index contributed by atoms with van der Waals surface area (Å²) in [5.41, 5.74) is 0. The Morgan fingerprint density at radius 2 is 1.35 bits per heavy atom. The normalized spacial score (nSPS) is 18.0. The number of nitrogens with zero attached hydrogens (tertiary/aromatic N) is 2. The lowest BCUT2D eigenvalue weighted by atomic mass is 10.1. The van der Waals surface area contributed by atoms with Crippen LogP contribution in [0.5, 0.6) is 0 Å². The van der Waals surface area contributed by atoms with E-state index in [0.29, 0.717) is 58.1 Å². The molecule has 8 nitrogen and oxygen atoms in total. The third-order valence-electron chi connectivity index (χ3n) is 6.60. The number of unbranched alkanes of at least 4 members (excludes halogenated alkanes) is 2. The Balaban J connectivity index is 2.42. The largest absolute Gasteiger partial charge is 0.377 e. The van der Waals surface area contributed by atoms with Crippen molar-refractivity contribution in [3.05, 3.63) is 0 Å². The average Bonchev–Trinajstić information content (AvgIpc) is 3.19. The molecule has 0 saturated carbocycles. The Morgan fingerprint density at radius 3 is 1.84 bits per heavy atom. The van der Waals surface area contributed by atoms with Gasteiger partial charge in [-0.05, 0) is 80.6 Å². The summed E-state index contributed by atoms with van der Waals surface area (Å²) in [6.07, 6.45) is 5.56. The van der Waals surface area contributed by atoms with Gasteiger partial charge in [0.2, 0.25) is 5.91 Å². The van der Waals surface area contributed by atoms with Gasteiger partial charge in [0.15, 0.2) is 0 Å². The van der Waals surface area contributed by atoms with Crippen LogP contribution in [0.4, 0.5) is 0 Å². The van der Waals surface area contributed by atoms with Crippen molar-refractivity contribution in [2.75, 3.05) is 26.2 Å². The predicted molar refractivity (Wildman–Crippen MR) is 146 cm³/mol. The van der Waals surface area contributed by atoms with Crippen molar-refractivity contribution in [3.8, 4) is 0 Å². The monoisotopic (exact) mass is 524 g/mol. The minimum absolute atomic E-state index is 0.0277. The van der Waals surface area contributed by atoms with Gasteiger partial charge in [-0.25, -0.2) is 0 Å². The molecule has 1 aliphatic rings. The van der Waals surface area contributed by atoms with Crippen LogP contribution in [0.25, 0.3) is 0 Å². The van der Waals surface area contributed by atoms with Crippen molar-refractivity contribution in [2.45, 2.75) is 137 Å². The lowest BCUT2D eigenvalue weighted by Gasteiger charge is -2.25. The Labute approximate surface area is 224 Å². The molecule has 1 heterocycles. The van der Waals surface area contributed by atoms with Crippen molar-refractivity contribution in [2.24, 2.45) is 0 Å². The number of rotatable bonds is 20. The number of Topliss-reactive ketones (excluding diaryl/α,β-unsaturated/α-hetero) is 3. The molecule has 0 radical (unpaired) electrons. The van der Waals surface area contributed by atoms with Gasteiger partial charge >= 0.3 is 0 Å². The molecule has 0 bridgehead atoms. The summed E-state index contributed by atoms with van der Waals surface area (Å²) in [7, 11) is 0. The van der Waals surface area contributed by atoms with E-state index in [1.807, 2.05) is 51.3 Å². The zero-order valence-corrected chi connectivity index (χ0v) is 24.4. The first kappa shape index (κ1) is 33.4. The van der Waals surface area contributed by atoms with Gasteiger partial charge < -0.3 is 19.2 Å². The first-order valence-electron chi connectivity index (χ1n) is 14.2. The van der Waals surface area contributed by atoms with E-state index in [9.17, 15) is 19.2 Å². The molecule has 1 rings (SSSR count).